The fraction of sp³-hybridized carbons (Fsp3) is 0.562. The van der Waals surface area contributed by atoms with Gasteiger partial charge in [-0.2, -0.15) is 8.78 Å². The molecular weight excluding hydrogens is 431 g/mol. The Balaban J connectivity index is 0.00000529. The van der Waals surface area contributed by atoms with E-state index in [1.165, 1.54) is 0 Å². The van der Waals surface area contributed by atoms with Gasteiger partial charge in [0.25, 0.3) is 0 Å². The molecule has 5 nitrogen and oxygen atoms in total. The third kappa shape index (κ3) is 7.98. The van der Waals surface area contributed by atoms with Gasteiger partial charge in [0, 0.05) is 25.7 Å². The van der Waals surface area contributed by atoms with Gasteiger partial charge >= 0.3 is 6.61 Å². The maximum Gasteiger partial charge on any atom is 0.387 e. The molecule has 24 heavy (non-hydrogen) atoms. The summed E-state index contributed by atoms with van der Waals surface area (Å²) < 4.78 is 35.3. The molecule has 0 spiro atoms. The van der Waals surface area contributed by atoms with Gasteiger partial charge in [-0.15, -0.1) is 24.0 Å². The van der Waals surface area contributed by atoms with Crippen LogP contribution in [0, 0.1) is 5.92 Å². The molecule has 0 aliphatic rings. The van der Waals surface area contributed by atoms with Crippen LogP contribution >= 0.6 is 24.0 Å². The van der Waals surface area contributed by atoms with Crippen LogP contribution in [0.15, 0.2) is 23.2 Å². The highest BCUT2D eigenvalue weighted by Gasteiger charge is 2.15. The first-order valence-corrected chi connectivity index (χ1v) is 7.61. The van der Waals surface area contributed by atoms with Crippen molar-refractivity contribution in [1.29, 1.82) is 0 Å². The molecule has 0 atom stereocenters. The third-order valence-electron chi connectivity index (χ3n) is 2.91. The number of hydrogen-bond acceptors (Lipinski definition) is 3. The predicted octanol–water partition coefficient (Wildman–Crippen LogP) is 3.63. The van der Waals surface area contributed by atoms with Gasteiger partial charge < -0.3 is 20.1 Å². The first-order valence-electron chi connectivity index (χ1n) is 7.61. The zero-order valence-corrected chi connectivity index (χ0v) is 16.8. The largest absolute Gasteiger partial charge is 0.490 e. The van der Waals surface area contributed by atoms with E-state index in [9.17, 15) is 8.78 Å². The Morgan fingerprint density at radius 2 is 1.96 bits per heavy atom. The molecule has 0 saturated heterocycles. The molecule has 1 rings (SSSR count). The molecule has 0 aromatic heterocycles. The number of halogens is 3. The minimum atomic E-state index is -2.91. The second kappa shape index (κ2) is 12.1. The zero-order valence-electron chi connectivity index (χ0n) is 14.4. The molecule has 1 aromatic rings. The Kier molecular flexibility index (Phi) is 11.4. The molecule has 1 aromatic carbocycles. The Bertz CT molecular complexity index is 514. The number of para-hydroxylation sites is 1. The van der Waals surface area contributed by atoms with Crippen molar-refractivity contribution in [3.8, 4) is 11.5 Å². The summed E-state index contributed by atoms with van der Waals surface area (Å²) in [6, 6.07) is 5.06. The van der Waals surface area contributed by atoms with Gasteiger partial charge in [-0.1, -0.05) is 26.0 Å². The van der Waals surface area contributed by atoms with E-state index in [1.807, 2.05) is 0 Å². The molecule has 0 radical (unpaired) electrons. The molecule has 0 saturated carbocycles. The lowest BCUT2D eigenvalue weighted by molar-refractivity contribution is -0.0520. The van der Waals surface area contributed by atoms with E-state index in [0.29, 0.717) is 36.3 Å². The van der Waals surface area contributed by atoms with Crippen LogP contribution in [0.25, 0.3) is 0 Å². The molecule has 0 unspecified atom stereocenters. The number of nitrogens with one attached hydrogen (secondary N) is 2. The minimum absolute atomic E-state index is 0. The van der Waals surface area contributed by atoms with Crippen molar-refractivity contribution in [3.05, 3.63) is 23.8 Å². The summed E-state index contributed by atoms with van der Waals surface area (Å²) in [5, 5.41) is 6.24. The van der Waals surface area contributed by atoms with Crippen LogP contribution in [-0.2, 0) is 6.54 Å². The monoisotopic (exact) mass is 457 g/mol. The van der Waals surface area contributed by atoms with E-state index in [4.69, 9.17) is 4.74 Å². The lowest BCUT2D eigenvalue weighted by atomic mass is 10.2. The summed E-state index contributed by atoms with van der Waals surface area (Å²) in [5.41, 5.74) is 0.573. The van der Waals surface area contributed by atoms with Gasteiger partial charge in [0.15, 0.2) is 17.5 Å². The molecule has 0 amide bonds. The Hall–Kier alpha value is -1.32. The van der Waals surface area contributed by atoms with Gasteiger partial charge in [0.1, 0.15) is 0 Å². The molecule has 0 aliphatic carbocycles. The summed E-state index contributed by atoms with van der Waals surface area (Å²) in [5.74, 6) is 1.42. The number of hydrogen-bond donors (Lipinski definition) is 2. The van der Waals surface area contributed by atoms with Crippen LogP contribution in [0.2, 0.25) is 0 Å². The summed E-state index contributed by atoms with van der Waals surface area (Å²) in [6.45, 7) is 4.47. The number of rotatable bonds is 8. The maximum atomic E-state index is 12.7. The van der Waals surface area contributed by atoms with Crippen molar-refractivity contribution in [2.24, 2.45) is 10.9 Å². The third-order valence-corrected chi connectivity index (χ3v) is 2.91. The number of guanidine groups is 1. The van der Waals surface area contributed by atoms with E-state index >= 15 is 0 Å². The van der Waals surface area contributed by atoms with Gasteiger partial charge in [-0.3, -0.25) is 4.99 Å². The molecule has 2 N–H and O–H groups in total. The van der Waals surface area contributed by atoms with Crippen molar-refractivity contribution in [1.82, 2.24) is 10.6 Å². The Morgan fingerprint density at radius 3 is 2.50 bits per heavy atom. The lowest BCUT2D eigenvalue weighted by Gasteiger charge is -2.17. The highest BCUT2D eigenvalue weighted by atomic mass is 127. The van der Waals surface area contributed by atoms with Crippen LogP contribution in [0.5, 0.6) is 11.5 Å². The van der Waals surface area contributed by atoms with Gasteiger partial charge in [0.05, 0.1) is 6.61 Å². The average molecular weight is 457 g/mol. The number of aliphatic imine (C=N–C) groups is 1. The predicted molar refractivity (Wildman–Crippen MR) is 103 cm³/mol. The van der Waals surface area contributed by atoms with Crippen LogP contribution < -0.4 is 20.1 Å². The van der Waals surface area contributed by atoms with Crippen LogP contribution in [0.4, 0.5) is 8.78 Å². The first kappa shape index (κ1) is 22.7. The lowest BCUT2D eigenvalue weighted by Crippen LogP contribution is -2.38. The van der Waals surface area contributed by atoms with Gasteiger partial charge in [-0.25, -0.2) is 0 Å². The molecule has 0 aliphatic heterocycles. The second-order valence-electron chi connectivity index (χ2n) is 5.26. The maximum absolute atomic E-state index is 12.7. The highest BCUT2D eigenvalue weighted by Crippen LogP contribution is 2.32. The zero-order chi connectivity index (χ0) is 17.2. The SMILES string of the molecule is CCOc1cccc(CNC(=NC)NCC(C)C)c1OC(F)F.I. The average Bonchev–Trinajstić information content (AvgIpc) is 2.49. The van der Waals surface area contributed by atoms with Crippen molar-refractivity contribution in [3.63, 3.8) is 0 Å². The van der Waals surface area contributed by atoms with E-state index in [0.717, 1.165) is 6.54 Å². The summed E-state index contributed by atoms with van der Waals surface area (Å²) in [7, 11) is 1.66. The second-order valence-corrected chi connectivity index (χ2v) is 5.26. The molecule has 138 valence electrons. The van der Waals surface area contributed by atoms with Crippen molar-refractivity contribution in [2.45, 2.75) is 33.9 Å². The molecular formula is C16H26F2IN3O2. The Labute approximate surface area is 159 Å². The summed E-state index contributed by atoms with van der Waals surface area (Å²) >= 11 is 0. The van der Waals surface area contributed by atoms with Crippen molar-refractivity contribution >= 4 is 29.9 Å². The normalized spacial score (nSPS) is 11.2. The minimum Gasteiger partial charge on any atom is -0.490 e. The van der Waals surface area contributed by atoms with Crippen LogP contribution in [0.3, 0.4) is 0 Å². The van der Waals surface area contributed by atoms with Crippen LogP contribution in [-0.4, -0.2) is 32.8 Å². The smallest absolute Gasteiger partial charge is 0.387 e. The fourth-order valence-electron chi connectivity index (χ4n) is 1.89. The van der Waals surface area contributed by atoms with Crippen LogP contribution in [0.1, 0.15) is 26.3 Å². The van der Waals surface area contributed by atoms with E-state index in [-0.39, 0.29) is 29.7 Å². The van der Waals surface area contributed by atoms with Crippen molar-refractivity contribution in [2.75, 3.05) is 20.2 Å². The fourth-order valence-corrected chi connectivity index (χ4v) is 1.89. The van der Waals surface area contributed by atoms with Gasteiger partial charge in [0.2, 0.25) is 0 Å². The van der Waals surface area contributed by atoms with E-state index < -0.39 is 6.61 Å². The first-order chi connectivity index (χ1) is 11.0. The highest BCUT2D eigenvalue weighted by molar-refractivity contribution is 14.0. The Morgan fingerprint density at radius 1 is 1.25 bits per heavy atom. The molecule has 8 heteroatoms. The van der Waals surface area contributed by atoms with E-state index in [1.54, 1.807) is 32.2 Å². The number of benzene rings is 1. The quantitative estimate of drug-likeness (QED) is 0.356. The summed E-state index contributed by atoms with van der Waals surface area (Å²) in [4.78, 5) is 4.10. The number of ether oxygens (including phenoxy) is 2. The summed E-state index contributed by atoms with van der Waals surface area (Å²) in [6.07, 6.45) is 0. The number of nitrogens with zero attached hydrogens (tertiary/aromatic N) is 1. The molecule has 0 bridgehead atoms. The standard InChI is InChI=1S/C16H25F2N3O2.HI/c1-5-22-13-8-6-7-12(14(13)23-15(17)18)10-21-16(19-4)20-9-11(2)3;/h6-8,11,15H,5,9-10H2,1-4H3,(H2,19,20,21);1H. The van der Waals surface area contributed by atoms with Gasteiger partial charge in [-0.05, 0) is 18.9 Å². The molecule has 0 fully saturated rings. The topological polar surface area (TPSA) is 54.9 Å². The van der Waals surface area contributed by atoms with Crippen molar-refractivity contribution < 1.29 is 18.3 Å². The van der Waals surface area contributed by atoms with E-state index in [2.05, 4.69) is 34.2 Å². The number of alkyl halides is 2. The molecule has 0 heterocycles.